The molecule has 4 rings (SSSR count). The molecule has 7 heteroatoms. The smallest absolute Gasteiger partial charge is 0.225 e. The average molecular weight is 430 g/mol. The maximum absolute atomic E-state index is 13.1. The minimum Gasteiger partial charge on any atom is -0.490 e. The lowest BCUT2D eigenvalue weighted by Crippen LogP contribution is -2.52. The van der Waals surface area contributed by atoms with Gasteiger partial charge in [0.05, 0.1) is 0 Å². The van der Waals surface area contributed by atoms with Crippen LogP contribution in [0.2, 0.25) is 0 Å². The molecule has 7 nitrogen and oxygen atoms in total. The number of rotatable bonds is 5. The molecule has 2 atom stereocenters. The molecular weight excluding hydrogens is 394 g/mol. The lowest BCUT2D eigenvalue weighted by atomic mass is 9.89. The first-order valence-electron chi connectivity index (χ1n) is 11.6. The molecule has 0 aliphatic carbocycles. The van der Waals surface area contributed by atoms with Crippen LogP contribution in [0.15, 0.2) is 30.3 Å². The Balaban J connectivity index is 1.42. The van der Waals surface area contributed by atoms with E-state index in [2.05, 4.69) is 11.9 Å². The number of para-hydroxylation sites is 1. The fourth-order valence-corrected chi connectivity index (χ4v) is 4.85. The van der Waals surface area contributed by atoms with E-state index in [9.17, 15) is 9.59 Å². The number of amides is 2. The van der Waals surface area contributed by atoms with E-state index in [4.69, 9.17) is 9.47 Å². The molecule has 2 amide bonds. The summed E-state index contributed by atoms with van der Waals surface area (Å²) < 4.78 is 11.7. The van der Waals surface area contributed by atoms with Gasteiger partial charge in [-0.05, 0) is 32.0 Å². The standard InChI is InChI=1S/C24H35N3O4/c1-25-11-13-26(14-12-25)23(28)17-20-18-27(24(29)19-8-15-30-16-9-19)10-7-22(20)31-21-5-3-2-4-6-21/h2-6,19-20,22H,7-18H2,1H3/t20-,22-/m0/s1. The first kappa shape index (κ1) is 22.1. The number of benzene rings is 1. The number of carbonyl (C=O) groups is 2. The molecule has 3 aliphatic heterocycles. The van der Waals surface area contributed by atoms with E-state index in [1.54, 1.807) is 0 Å². The van der Waals surface area contributed by atoms with E-state index in [0.29, 0.717) is 32.7 Å². The summed E-state index contributed by atoms with van der Waals surface area (Å²) in [5.41, 5.74) is 0. The van der Waals surface area contributed by atoms with Crippen LogP contribution in [-0.4, -0.2) is 92.1 Å². The van der Waals surface area contributed by atoms with E-state index in [0.717, 1.165) is 51.2 Å². The third-order valence-electron chi connectivity index (χ3n) is 6.87. The third kappa shape index (κ3) is 5.77. The number of likely N-dealkylation sites (tertiary alicyclic amines) is 1. The van der Waals surface area contributed by atoms with Gasteiger partial charge in [0.2, 0.25) is 11.8 Å². The summed E-state index contributed by atoms with van der Waals surface area (Å²) in [4.78, 5) is 32.4. The molecule has 0 unspecified atom stereocenters. The van der Waals surface area contributed by atoms with Crippen LogP contribution in [0.25, 0.3) is 0 Å². The molecule has 0 bridgehead atoms. The largest absolute Gasteiger partial charge is 0.490 e. The number of hydrogen-bond donors (Lipinski definition) is 0. The summed E-state index contributed by atoms with van der Waals surface area (Å²) in [6, 6.07) is 9.81. The van der Waals surface area contributed by atoms with Gasteiger partial charge in [-0.1, -0.05) is 18.2 Å². The Morgan fingerprint density at radius 1 is 0.968 bits per heavy atom. The van der Waals surface area contributed by atoms with E-state index >= 15 is 0 Å². The van der Waals surface area contributed by atoms with Gasteiger partial charge in [0, 0.05) is 77.2 Å². The number of nitrogens with zero attached hydrogens (tertiary/aromatic N) is 3. The van der Waals surface area contributed by atoms with Gasteiger partial charge in [-0.25, -0.2) is 0 Å². The number of piperidine rings is 1. The third-order valence-corrected chi connectivity index (χ3v) is 6.87. The molecular formula is C24H35N3O4. The predicted molar refractivity (Wildman–Crippen MR) is 118 cm³/mol. The van der Waals surface area contributed by atoms with E-state index in [1.807, 2.05) is 40.1 Å². The highest BCUT2D eigenvalue weighted by Crippen LogP contribution is 2.28. The number of carbonyl (C=O) groups excluding carboxylic acids is 2. The highest BCUT2D eigenvalue weighted by Gasteiger charge is 2.37. The molecule has 0 spiro atoms. The van der Waals surface area contributed by atoms with Gasteiger partial charge in [0.1, 0.15) is 11.9 Å². The molecule has 0 aromatic heterocycles. The maximum Gasteiger partial charge on any atom is 0.225 e. The number of likely N-dealkylation sites (N-methyl/N-ethyl adjacent to an activating group) is 1. The van der Waals surface area contributed by atoms with Gasteiger partial charge >= 0.3 is 0 Å². The fraction of sp³-hybridized carbons (Fsp3) is 0.667. The van der Waals surface area contributed by atoms with E-state index < -0.39 is 0 Å². The number of hydrogen-bond acceptors (Lipinski definition) is 5. The minimum atomic E-state index is -0.0578. The Labute approximate surface area is 185 Å². The van der Waals surface area contributed by atoms with Crippen molar-refractivity contribution in [3.63, 3.8) is 0 Å². The van der Waals surface area contributed by atoms with Crippen molar-refractivity contribution in [2.24, 2.45) is 11.8 Å². The van der Waals surface area contributed by atoms with Gasteiger partial charge in [-0.15, -0.1) is 0 Å². The Morgan fingerprint density at radius 3 is 2.39 bits per heavy atom. The first-order valence-corrected chi connectivity index (χ1v) is 11.6. The summed E-state index contributed by atoms with van der Waals surface area (Å²) in [6.07, 6.45) is 2.72. The number of piperazine rings is 1. The van der Waals surface area contributed by atoms with E-state index in [1.165, 1.54) is 0 Å². The topological polar surface area (TPSA) is 62.3 Å². The SMILES string of the molecule is CN1CCN(C(=O)C[C@H]2CN(C(=O)C3CCOCC3)CC[C@@H]2Oc2ccccc2)CC1. The van der Waals surface area contributed by atoms with Gasteiger partial charge in [0.25, 0.3) is 0 Å². The monoisotopic (exact) mass is 429 g/mol. The summed E-state index contributed by atoms with van der Waals surface area (Å²) in [6.45, 7) is 5.97. The predicted octanol–water partition coefficient (Wildman–Crippen LogP) is 1.87. The van der Waals surface area contributed by atoms with Crippen LogP contribution in [0.1, 0.15) is 25.7 Å². The van der Waals surface area contributed by atoms with Crippen LogP contribution < -0.4 is 4.74 Å². The van der Waals surface area contributed by atoms with Crippen molar-refractivity contribution < 1.29 is 19.1 Å². The molecule has 170 valence electrons. The molecule has 1 aromatic rings. The van der Waals surface area contributed by atoms with Crippen molar-refractivity contribution in [3.8, 4) is 5.75 Å². The van der Waals surface area contributed by atoms with Crippen molar-refractivity contribution in [1.82, 2.24) is 14.7 Å². The molecule has 3 aliphatic rings. The second-order valence-electron chi connectivity index (χ2n) is 9.08. The molecule has 0 N–H and O–H groups in total. The van der Waals surface area contributed by atoms with Crippen molar-refractivity contribution in [2.45, 2.75) is 31.8 Å². The Kier molecular flexibility index (Phi) is 7.45. The molecule has 1 aromatic carbocycles. The lowest BCUT2D eigenvalue weighted by molar-refractivity contribution is -0.144. The van der Waals surface area contributed by atoms with Crippen LogP contribution in [-0.2, 0) is 14.3 Å². The van der Waals surface area contributed by atoms with Crippen LogP contribution in [0.4, 0.5) is 0 Å². The Morgan fingerprint density at radius 2 is 1.68 bits per heavy atom. The molecule has 0 radical (unpaired) electrons. The van der Waals surface area contributed by atoms with Crippen molar-refractivity contribution in [2.75, 3.05) is 59.5 Å². The van der Waals surface area contributed by atoms with Crippen LogP contribution in [0.5, 0.6) is 5.75 Å². The van der Waals surface area contributed by atoms with Crippen molar-refractivity contribution in [3.05, 3.63) is 30.3 Å². The van der Waals surface area contributed by atoms with Crippen molar-refractivity contribution in [1.29, 1.82) is 0 Å². The zero-order chi connectivity index (χ0) is 21.6. The molecule has 3 saturated heterocycles. The van der Waals surface area contributed by atoms with Crippen LogP contribution in [0.3, 0.4) is 0 Å². The quantitative estimate of drug-likeness (QED) is 0.715. The van der Waals surface area contributed by atoms with Gasteiger partial charge in [-0.2, -0.15) is 0 Å². The highest BCUT2D eigenvalue weighted by molar-refractivity contribution is 5.79. The Bertz CT molecular complexity index is 730. The highest BCUT2D eigenvalue weighted by atomic mass is 16.5. The molecule has 0 saturated carbocycles. The number of ether oxygens (including phenoxy) is 2. The van der Waals surface area contributed by atoms with Gasteiger partial charge in [-0.3, -0.25) is 9.59 Å². The van der Waals surface area contributed by atoms with Gasteiger partial charge < -0.3 is 24.2 Å². The zero-order valence-corrected chi connectivity index (χ0v) is 18.6. The van der Waals surface area contributed by atoms with E-state index in [-0.39, 0.29) is 29.8 Å². The second kappa shape index (κ2) is 10.5. The summed E-state index contributed by atoms with van der Waals surface area (Å²) in [7, 11) is 2.09. The van der Waals surface area contributed by atoms with Crippen LogP contribution >= 0.6 is 0 Å². The minimum absolute atomic E-state index is 0.00454. The first-order chi connectivity index (χ1) is 15.1. The molecule has 31 heavy (non-hydrogen) atoms. The summed E-state index contributed by atoms with van der Waals surface area (Å²) in [5.74, 6) is 1.28. The lowest BCUT2D eigenvalue weighted by Gasteiger charge is -2.41. The second-order valence-corrected chi connectivity index (χ2v) is 9.08. The van der Waals surface area contributed by atoms with Crippen molar-refractivity contribution >= 4 is 11.8 Å². The Hall–Kier alpha value is -2.12. The maximum atomic E-state index is 13.1. The summed E-state index contributed by atoms with van der Waals surface area (Å²) in [5, 5.41) is 0. The fourth-order valence-electron chi connectivity index (χ4n) is 4.85. The van der Waals surface area contributed by atoms with Gasteiger partial charge in [0.15, 0.2) is 0 Å². The zero-order valence-electron chi connectivity index (χ0n) is 18.6. The molecule has 3 heterocycles. The summed E-state index contributed by atoms with van der Waals surface area (Å²) >= 11 is 0. The average Bonchev–Trinajstić information content (AvgIpc) is 2.81. The van der Waals surface area contributed by atoms with Crippen LogP contribution in [0, 0.1) is 11.8 Å². The molecule has 3 fully saturated rings. The normalized spacial score (nSPS) is 26.0.